The largest absolute Gasteiger partial charge is 0.0808 e. The minimum absolute atomic E-state index is 0.854. The van der Waals surface area contributed by atoms with E-state index in [1.54, 1.807) is 0 Å². The summed E-state index contributed by atoms with van der Waals surface area (Å²) in [5.74, 6) is 0.854. The van der Waals surface area contributed by atoms with Gasteiger partial charge in [0, 0.05) is 4.47 Å². The molecule has 0 saturated heterocycles. The molecule has 1 aromatic carbocycles. The molecule has 0 unspecified atom stereocenters. The molecule has 1 aliphatic carbocycles. The van der Waals surface area contributed by atoms with Crippen LogP contribution in [0.25, 0.3) is 6.08 Å². The van der Waals surface area contributed by atoms with E-state index < -0.39 is 0 Å². The molecule has 0 nitrogen and oxygen atoms in total. The van der Waals surface area contributed by atoms with Crippen LogP contribution in [-0.2, 0) is 0 Å². The van der Waals surface area contributed by atoms with Gasteiger partial charge in [-0.15, -0.1) is 0 Å². The van der Waals surface area contributed by atoms with Crippen molar-refractivity contribution >= 4 is 22.0 Å². The first-order valence-electron chi connectivity index (χ1n) is 4.70. The van der Waals surface area contributed by atoms with Crippen molar-refractivity contribution in [1.29, 1.82) is 0 Å². The maximum Gasteiger partial charge on any atom is 0.0276 e. The van der Waals surface area contributed by atoms with E-state index in [1.807, 2.05) is 0 Å². The van der Waals surface area contributed by atoms with Crippen molar-refractivity contribution in [2.24, 2.45) is 5.92 Å². The first kappa shape index (κ1) is 9.01. The fourth-order valence-corrected chi connectivity index (χ4v) is 1.72. The Morgan fingerprint density at radius 3 is 2.85 bits per heavy atom. The highest BCUT2D eigenvalue weighted by atomic mass is 79.9. The highest BCUT2D eigenvalue weighted by Gasteiger charge is 2.17. The average Bonchev–Trinajstić information content (AvgIpc) is 2.91. The van der Waals surface area contributed by atoms with Crippen LogP contribution in [0.15, 0.2) is 28.7 Å². The quantitative estimate of drug-likeness (QED) is 0.723. The molecule has 1 aromatic rings. The van der Waals surface area contributed by atoms with Crippen LogP contribution < -0.4 is 0 Å². The smallest absolute Gasteiger partial charge is 0.0276 e. The molecule has 0 atom stereocenters. The van der Waals surface area contributed by atoms with Crippen LogP contribution in [0, 0.1) is 12.8 Å². The molecule has 0 spiro atoms. The molecule has 0 aromatic heterocycles. The van der Waals surface area contributed by atoms with Gasteiger partial charge in [-0.25, -0.2) is 0 Å². The first-order valence-corrected chi connectivity index (χ1v) is 5.50. The summed E-state index contributed by atoms with van der Waals surface area (Å²) in [7, 11) is 0. The fourth-order valence-electron chi connectivity index (χ4n) is 1.33. The summed E-state index contributed by atoms with van der Waals surface area (Å²) in [5.41, 5.74) is 2.60. The molecule has 0 amide bonds. The Bertz CT molecular complexity index is 335. The van der Waals surface area contributed by atoms with E-state index in [0.717, 1.165) is 5.92 Å². The maximum absolute atomic E-state index is 3.60. The Balaban J connectivity index is 2.23. The summed E-state index contributed by atoms with van der Waals surface area (Å²) >= 11 is 3.60. The van der Waals surface area contributed by atoms with Gasteiger partial charge in [-0.3, -0.25) is 0 Å². The molecular formula is C12H13Br. The minimum Gasteiger partial charge on any atom is -0.0808 e. The molecular weight excluding hydrogens is 224 g/mol. The average molecular weight is 237 g/mol. The van der Waals surface area contributed by atoms with Crippen LogP contribution in [-0.4, -0.2) is 0 Å². The van der Waals surface area contributed by atoms with Gasteiger partial charge in [0.15, 0.2) is 0 Å². The Morgan fingerprint density at radius 1 is 1.38 bits per heavy atom. The van der Waals surface area contributed by atoms with E-state index in [2.05, 4.69) is 53.2 Å². The zero-order chi connectivity index (χ0) is 9.26. The van der Waals surface area contributed by atoms with Gasteiger partial charge in [0.1, 0.15) is 0 Å². The van der Waals surface area contributed by atoms with Gasteiger partial charge >= 0.3 is 0 Å². The fraction of sp³-hybridized carbons (Fsp3) is 0.333. The van der Waals surface area contributed by atoms with Gasteiger partial charge < -0.3 is 0 Å². The number of rotatable bonds is 2. The summed E-state index contributed by atoms with van der Waals surface area (Å²) in [6.45, 7) is 2.12. The molecule has 0 aliphatic heterocycles. The van der Waals surface area contributed by atoms with Gasteiger partial charge in [0.25, 0.3) is 0 Å². The second kappa shape index (κ2) is 3.67. The van der Waals surface area contributed by atoms with E-state index in [-0.39, 0.29) is 0 Å². The number of halogens is 1. The number of hydrogen-bond donors (Lipinski definition) is 0. The van der Waals surface area contributed by atoms with Gasteiger partial charge in [-0.2, -0.15) is 0 Å². The second-order valence-electron chi connectivity index (χ2n) is 3.67. The molecule has 1 saturated carbocycles. The lowest BCUT2D eigenvalue weighted by Gasteiger charge is -2.01. The number of hydrogen-bond acceptors (Lipinski definition) is 0. The summed E-state index contributed by atoms with van der Waals surface area (Å²) in [6, 6.07) is 6.38. The molecule has 2 rings (SSSR count). The lowest BCUT2D eigenvalue weighted by atomic mass is 10.1. The Hall–Kier alpha value is -0.560. The van der Waals surface area contributed by atoms with Crippen molar-refractivity contribution in [2.75, 3.05) is 0 Å². The van der Waals surface area contributed by atoms with E-state index in [9.17, 15) is 0 Å². The third-order valence-corrected chi connectivity index (χ3v) is 3.47. The summed E-state index contributed by atoms with van der Waals surface area (Å²) in [6.07, 6.45) is 7.30. The molecule has 0 bridgehead atoms. The first-order chi connectivity index (χ1) is 6.27. The molecule has 0 N–H and O–H groups in total. The van der Waals surface area contributed by atoms with Crippen molar-refractivity contribution in [3.05, 3.63) is 39.9 Å². The van der Waals surface area contributed by atoms with Crippen LogP contribution in [0.1, 0.15) is 24.0 Å². The topological polar surface area (TPSA) is 0 Å². The third kappa shape index (κ3) is 2.22. The van der Waals surface area contributed by atoms with E-state index in [4.69, 9.17) is 0 Å². The van der Waals surface area contributed by atoms with Crippen LogP contribution in [0.4, 0.5) is 0 Å². The van der Waals surface area contributed by atoms with Crippen molar-refractivity contribution in [3.63, 3.8) is 0 Å². The Labute approximate surface area is 87.8 Å². The van der Waals surface area contributed by atoms with Crippen molar-refractivity contribution in [1.82, 2.24) is 0 Å². The number of allylic oxidation sites excluding steroid dienone is 1. The van der Waals surface area contributed by atoms with E-state index in [1.165, 1.54) is 28.4 Å². The van der Waals surface area contributed by atoms with E-state index in [0.29, 0.717) is 0 Å². The monoisotopic (exact) mass is 236 g/mol. The number of aryl methyl sites for hydroxylation is 1. The highest BCUT2D eigenvalue weighted by Crippen LogP contribution is 2.32. The van der Waals surface area contributed by atoms with Crippen LogP contribution in [0.5, 0.6) is 0 Å². The predicted molar refractivity (Wildman–Crippen MR) is 60.6 cm³/mol. The van der Waals surface area contributed by atoms with E-state index >= 15 is 0 Å². The maximum atomic E-state index is 3.60. The SMILES string of the molecule is Cc1cccc(/C=C/C2CC2)c1Br. The Morgan fingerprint density at radius 2 is 2.15 bits per heavy atom. The van der Waals surface area contributed by atoms with Gasteiger partial charge in [0.2, 0.25) is 0 Å². The summed E-state index contributed by atoms with van der Waals surface area (Å²) < 4.78 is 1.23. The normalized spacial score (nSPS) is 16.8. The number of benzene rings is 1. The summed E-state index contributed by atoms with van der Waals surface area (Å²) in [4.78, 5) is 0. The molecule has 1 aliphatic rings. The summed E-state index contributed by atoms with van der Waals surface area (Å²) in [5, 5.41) is 0. The van der Waals surface area contributed by atoms with Crippen LogP contribution in [0.3, 0.4) is 0 Å². The lowest BCUT2D eigenvalue weighted by molar-refractivity contribution is 1.13. The molecule has 0 radical (unpaired) electrons. The van der Waals surface area contributed by atoms with Gasteiger partial charge in [-0.1, -0.05) is 30.4 Å². The third-order valence-electron chi connectivity index (χ3n) is 2.39. The Kier molecular flexibility index (Phi) is 2.54. The van der Waals surface area contributed by atoms with Crippen LogP contribution >= 0.6 is 15.9 Å². The minimum atomic E-state index is 0.854. The van der Waals surface area contributed by atoms with Gasteiger partial charge in [-0.05, 0) is 52.7 Å². The molecule has 1 heteroatoms. The van der Waals surface area contributed by atoms with Crippen molar-refractivity contribution < 1.29 is 0 Å². The van der Waals surface area contributed by atoms with Crippen molar-refractivity contribution in [2.45, 2.75) is 19.8 Å². The zero-order valence-electron chi connectivity index (χ0n) is 7.76. The van der Waals surface area contributed by atoms with Crippen LogP contribution in [0.2, 0.25) is 0 Å². The zero-order valence-corrected chi connectivity index (χ0v) is 9.34. The predicted octanol–water partition coefficient (Wildman–Crippen LogP) is 4.18. The molecule has 13 heavy (non-hydrogen) atoms. The molecule has 0 heterocycles. The lowest BCUT2D eigenvalue weighted by Crippen LogP contribution is -1.80. The highest BCUT2D eigenvalue weighted by molar-refractivity contribution is 9.10. The molecule has 1 fully saturated rings. The van der Waals surface area contributed by atoms with Crippen molar-refractivity contribution in [3.8, 4) is 0 Å². The molecule has 68 valence electrons. The van der Waals surface area contributed by atoms with Gasteiger partial charge in [0.05, 0.1) is 0 Å². The second-order valence-corrected chi connectivity index (χ2v) is 4.47. The standard InChI is InChI=1S/C12H13Br/c1-9-3-2-4-11(12(9)13)8-7-10-5-6-10/h2-4,7-8,10H,5-6H2,1H3/b8-7+.